The van der Waals surface area contributed by atoms with Gasteiger partial charge in [-0.1, -0.05) is 54.1 Å². The number of amides is 1. The van der Waals surface area contributed by atoms with Gasteiger partial charge < -0.3 is 5.11 Å². The lowest BCUT2D eigenvalue weighted by Crippen LogP contribution is -2.17. The highest BCUT2D eigenvalue weighted by Crippen LogP contribution is 2.21. The Labute approximate surface area is 138 Å². The van der Waals surface area contributed by atoms with Crippen LogP contribution in [0.15, 0.2) is 65.8 Å². The smallest absolute Gasteiger partial charge is 0.275 e. The Kier molecular flexibility index (Phi) is 4.26. The van der Waals surface area contributed by atoms with E-state index >= 15 is 0 Å². The van der Waals surface area contributed by atoms with E-state index in [9.17, 15) is 9.90 Å². The molecule has 2 N–H and O–H groups in total. The maximum absolute atomic E-state index is 12.0. The van der Waals surface area contributed by atoms with E-state index in [1.54, 1.807) is 6.21 Å². The number of hydrogen-bond acceptors (Lipinski definition) is 3. The van der Waals surface area contributed by atoms with E-state index in [1.165, 1.54) is 18.2 Å². The van der Waals surface area contributed by atoms with Gasteiger partial charge in [-0.25, -0.2) is 5.43 Å². The number of hydrazone groups is 1. The monoisotopic (exact) mass is 324 g/mol. The number of nitrogens with one attached hydrogen (secondary N) is 1. The summed E-state index contributed by atoms with van der Waals surface area (Å²) in [6.45, 7) is 0. The number of fused-ring (bicyclic) bond motifs is 1. The van der Waals surface area contributed by atoms with Crippen molar-refractivity contribution in [2.45, 2.75) is 0 Å². The molecule has 0 radical (unpaired) electrons. The van der Waals surface area contributed by atoms with E-state index in [2.05, 4.69) is 10.5 Å². The minimum Gasteiger partial charge on any atom is -0.507 e. The van der Waals surface area contributed by atoms with Crippen LogP contribution in [0.2, 0.25) is 5.02 Å². The maximum Gasteiger partial charge on any atom is 0.275 e. The van der Waals surface area contributed by atoms with E-state index in [0.29, 0.717) is 5.02 Å². The first-order valence-electron chi connectivity index (χ1n) is 6.95. The molecule has 3 rings (SSSR count). The maximum atomic E-state index is 12.0. The lowest BCUT2D eigenvalue weighted by Gasteiger charge is -2.04. The molecule has 5 heteroatoms. The Morgan fingerprint density at radius 1 is 1.09 bits per heavy atom. The summed E-state index contributed by atoms with van der Waals surface area (Å²) >= 11 is 5.74. The lowest BCUT2D eigenvalue weighted by molar-refractivity contribution is 0.0952. The lowest BCUT2D eigenvalue weighted by atomic mass is 10.1. The van der Waals surface area contributed by atoms with Crippen molar-refractivity contribution in [3.8, 4) is 5.75 Å². The molecule has 0 heterocycles. The van der Waals surface area contributed by atoms with Gasteiger partial charge in [0, 0.05) is 10.6 Å². The second kappa shape index (κ2) is 6.50. The molecule has 0 atom stereocenters. The van der Waals surface area contributed by atoms with Crippen LogP contribution in [0.25, 0.3) is 10.8 Å². The standard InChI is InChI=1S/C18H13ClN2O2/c19-14-8-9-16(17(22)10-14)18(23)21-20-11-13-6-3-5-12-4-1-2-7-15(12)13/h1-11,22H,(H,21,23)/b20-11+. The topological polar surface area (TPSA) is 61.7 Å². The summed E-state index contributed by atoms with van der Waals surface area (Å²) < 4.78 is 0. The predicted octanol–water partition coefficient (Wildman–Crippen LogP) is 3.96. The van der Waals surface area contributed by atoms with Crippen LogP contribution in [-0.4, -0.2) is 17.2 Å². The fraction of sp³-hybridized carbons (Fsp3) is 0. The predicted molar refractivity (Wildman–Crippen MR) is 92.1 cm³/mol. The minimum atomic E-state index is -0.504. The molecule has 0 bridgehead atoms. The second-order valence-corrected chi connectivity index (χ2v) is 5.37. The number of carbonyl (C=O) groups is 1. The molecular formula is C18H13ClN2O2. The molecule has 0 unspecified atom stereocenters. The first kappa shape index (κ1) is 15.1. The highest BCUT2D eigenvalue weighted by Gasteiger charge is 2.10. The molecule has 0 spiro atoms. The van der Waals surface area contributed by atoms with Crippen LogP contribution in [0.4, 0.5) is 0 Å². The van der Waals surface area contributed by atoms with Crippen LogP contribution in [0.3, 0.4) is 0 Å². The number of phenols is 1. The average molecular weight is 325 g/mol. The second-order valence-electron chi connectivity index (χ2n) is 4.93. The zero-order valence-corrected chi connectivity index (χ0v) is 12.8. The van der Waals surface area contributed by atoms with Crippen molar-refractivity contribution in [2.75, 3.05) is 0 Å². The number of nitrogens with zero attached hydrogens (tertiary/aromatic N) is 1. The molecule has 0 aliphatic rings. The zero-order valence-electron chi connectivity index (χ0n) is 12.0. The zero-order chi connectivity index (χ0) is 16.2. The van der Waals surface area contributed by atoms with Gasteiger partial charge in [0.15, 0.2) is 0 Å². The van der Waals surface area contributed by atoms with Crippen molar-refractivity contribution < 1.29 is 9.90 Å². The number of rotatable bonds is 3. The third-order valence-corrected chi connectivity index (χ3v) is 3.63. The van der Waals surface area contributed by atoms with Gasteiger partial charge in [-0.3, -0.25) is 4.79 Å². The number of benzene rings is 3. The molecule has 3 aromatic rings. The fourth-order valence-corrected chi connectivity index (χ4v) is 2.45. The van der Waals surface area contributed by atoms with Crippen LogP contribution in [0.1, 0.15) is 15.9 Å². The Morgan fingerprint density at radius 2 is 1.87 bits per heavy atom. The molecule has 0 aliphatic heterocycles. The van der Waals surface area contributed by atoms with Crippen LogP contribution in [0, 0.1) is 0 Å². The summed E-state index contributed by atoms with van der Waals surface area (Å²) in [5.41, 5.74) is 3.41. The highest BCUT2D eigenvalue weighted by atomic mass is 35.5. The summed E-state index contributed by atoms with van der Waals surface area (Å²) in [5, 5.41) is 16.2. The van der Waals surface area contributed by atoms with E-state index < -0.39 is 5.91 Å². The quantitative estimate of drug-likeness (QED) is 0.566. The van der Waals surface area contributed by atoms with Crippen LogP contribution in [0.5, 0.6) is 5.75 Å². The molecule has 0 saturated carbocycles. The molecule has 0 aliphatic carbocycles. The molecule has 1 amide bonds. The van der Waals surface area contributed by atoms with Gasteiger partial charge in [-0.15, -0.1) is 0 Å². The Hall–Kier alpha value is -2.85. The van der Waals surface area contributed by atoms with Gasteiger partial charge in [0.1, 0.15) is 5.75 Å². The third-order valence-electron chi connectivity index (χ3n) is 3.40. The summed E-state index contributed by atoms with van der Waals surface area (Å²) in [5.74, 6) is -0.689. The van der Waals surface area contributed by atoms with Gasteiger partial charge in [-0.05, 0) is 29.0 Å². The van der Waals surface area contributed by atoms with Crippen molar-refractivity contribution in [1.29, 1.82) is 0 Å². The highest BCUT2D eigenvalue weighted by molar-refractivity contribution is 6.30. The minimum absolute atomic E-state index is 0.115. The third kappa shape index (κ3) is 3.33. The van der Waals surface area contributed by atoms with E-state index in [-0.39, 0.29) is 11.3 Å². The molecule has 3 aromatic carbocycles. The summed E-state index contributed by atoms with van der Waals surface area (Å²) in [4.78, 5) is 12.0. The normalized spacial score (nSPS) is 11.0. The summed E-state index contributed by atoms with van der Waals surface area (Å²) in [6.07, 6.45) is 1.58. The van der Waals surface area contributed by atoms with Crippen molar-refractivity contribution in [3.63, 3.8) is 0 Å². The summed E-state index contributed by atoms with van der Waals surface area (Å²) in [6, 6.07) is 18.1. The van der Waals surface area contributed by atoms with E-state index in [1.807, 2.05) is 42.5 Å². The fourth-order valence-electron chi connectivity index (χ4n) is 2.28. The number of aromatic hydroxyl groups is 1. The van der Waals surface area contributed by atoms with E-state index in [0.717, 1.165) is 16.3 Å². The van der Waals surface area contributed by atoms with Crippen molar-refractivity contribution >= 4 is 34.5 Å². The first-order chi connectivity index (χ1) is 11.1. The average Bonchev–Trinajstić information content (AvgIpc) is 2.55. The van der Waals surface area contributed by atoms with Crippen LogP contribution < -0.4 is 5.43 Å². The van der Waals surface area contributed by atoms with Gasteiger partial charge in [0.2, 0.25) is 0 Å². The number of halogens is 1. The molecule has 23 heavy (non-hydrogen) atoms. The molecule has 0 fully saturated rings. The molecule has 0 aromatic heterocycles. The Bertz CT molecular complexity index is 901. The van der Waals surface area contributed by atoms with Crippen LogP contribution in [-0.2, 0) is 0 Å². The first-order valence-corrected chi connectivity index (χ1v) is 7.32. The van der Waals surface area contributed by atoms with Gasteiger partial charge in [-0.2, -0.15) is 5.10 Å². The molecule has 114 valence electrons. The summed E-state index contributed by atoms with van der Waals surface area (Å²) in [7, 11) is 0. The van der Waals surface area contributed by atoms with Gasteiger partial charge >= 0.3 is 0 Å². The number of phenolic OH excluding ortho intramolecular Hbond substituents is 1. The van der Waals surface area contributed by atoms with Crippen LogP contribution >= 0.6 is 11.6 Å². The van der Waals surface area contributed by atoms with Crippen molar-refractivity contribution in [3.05, 3.63) is 76.8 Å². The van der Waals surface area contributed by atoms with Crippen molar-refractivity contribution in [1.82, 2.24) is 5.43 Å². The largest absolute Gasteiger partial charge is 0.507 e. The Morgan fingerprint density at radius 3 is 2.70 bits per heavy atom. The number of hydrogen-bond donors (Lipinski definition) is 2. The van der Waals surface area contributed by atoms with Crippen molar-refractivity contribution in [2.24, 2.45) is 5.10 Å². The molecule has 0 saturated heterocycles. The number of carbonyl (C=O) groups excluding carboxylic acids is 1. The Balaban J connectivity index is 1.79. The van der Waals surface area contributed by atoms with Gasteiger partial charge in [0.05, 0.1) is 11.8 Å². The SMILES string of the molecule is O=C(N/N=C/c1cccc2ccccc12)c1ccc(Cl)cc1O. The molecule has 4 nitrogen and oxygen atoms in total. The van der Waals surface area contributed by atoms with E-state index in [4.69, 9.17) is 11.6 Å². The molecular weight excluding hydrogens is 312 g/mol. The van der Waals surface area contributed by atoms with Gasteiger partial charge in [0.25, 0.3) is 5.91 Å².